The highest BCUT2D eigenvalue weighted by Gasteiger charge is 2.60. The fourth-order valence-corrected chi connectivity index (χ4v) is 7.14. The molecule has 178 valence electrons. The van der Waals surface area contributed by atoms with E-state index in [9.17, 15) is 5.11 Å². The Morgan fingerprint density at radius 2 is 1.50 bits per heavy atom. The zero-order valence-electron chi connectivity index (χ0n) is 19.9. The fraction of sp³-hybridized carbons (Fsp3) is 0.778. The SMILES string of the molecule is COC1(OO[C@H]2CC[C@@H](c3ccc(OC(C)(C)CO)cc3)CC2)C2CC3CC(C2)CC1C3. The van der Waals surface area contributed by atoms with Gasteiger partial charge in [0.15, 0.2) is 0 Å². The highest BCUT2D eigenvalue weighted by molar-refractivity contribution is 5.30. The molecule has 0 unspecified atom stereocenters. The van der Waals surface area contributed by atoms with Crippen molar-refractivity contribution in [3.63, 3.8) is 0 Å². The number of benzene rings is 1. The molecule has 1 N–H and O–H groups in total. The van der Waals surface area contributed by atoms with Crippen molar-refractivity contribution in [3.8, 4) is 5.75 Å². The third-order valence-corrected chi connectivity index (χ3v) is 8.71. The van der Waals surface area contributed by atoms with Crippen molar-refractivity contribution in [1.29, 1.82) is 0 Å². The van der Waals surface area contributed by atoms with Crippen LogP contribution in [0.4, 0.5) is 0 Å². The molecule has 6 rings (SSSR count). The lowest BCUT2D eigenvalue weighted by Crippen LogP contribution is -2.60. The molecular formula is C27H40O5. The van der Waals surface area contributed by atoms with Gasteiger partial charge >= 0.3 is 0 Å². The van der Waals surface area contributed by atoms with Gasteiger partial charge in [-0.25, -0.2) is 9.78 Å². The van der Waals surface area contributed by atoms with Gasteiger partial charge in [-0.1, -0.05) is 12.1 Å². The van der Waals surface area contributed by atoms with E-state index in [4.69, 9.17) is 19.2 Å². The van der Waals surface area contributed by atoms with Crippen LogP contribution in [0.2, 0.25) is 0 Å². The highest BCUT2D eigenvalue weighted by Crippen LogP contribution is 2.60. The Labute approximate surface area is 192 Å². The number of aliphatic hydroxyl groups is 1. The number of methoxy groups -OCH3 is 1. The standard InChI is InChI=1S/C27H40O5/c1-26(2,17-28)30-24-8-4-20(5-9-24)21-6-10-25(11-7-21)31-32-27(29-3)22-13-18-12-19(15-22)16-23(27)14-18/h4-5,8-9,18-19,21-23,25,28H,6-7,10-17H2,1-3H3/t18?,19?,21-,22?,23?,25+,27?. The molecular weight excluding hydrogens is 404 g/mol. The minimum atomic E-state index is -0.562. The van der Waals surface area contributed by atoms with Gasteiger partial charge in [0.05, 0.1) is 12.7 Å². The maximum atomic E-state index is 9.40. The van der Waals surface area contributed by atoms with Gasteiger partial charge in [-0.3, -0.25) is 0 Å². The second-order valence-electron chi connectivity index (χ2n) is 11.5. The third kappa shape index (κ3) is 4.34. The summed E-state index contributed by atoms with van der Waals surface area (Å²) in [5.74, 6) is 3.60. The van der Waals surface area contributed by atoms with Crippen LogP contribution in [0, 0.1) is 23.7 Å². The summed E-state index contributed by atoms with van der Waals surface area (Å²) in [4.78, 5) is 12.4. The molecule has 0 spiro atoms. The quantitative estimate of drug-likeness (QED) is 0.321. The average molecular weight is 445 g/mol. The topological polar surface area (TPSA) is 57.2 Å². The second-order valence-corrected chi connectivity index (χ2v) is 11.5. The molecule has 4 bridgehead atoms. The smallest absolute Gasteiger partial charge is 0.207 e. The number of hydrogen-bond acceptors (Lipinski definition) is 5. The zero-order chi connectivity index (χ0) is 22.3. The Hall–Kier alpha value is -1.14. The van der Waals surface area contributed by atoms with Gasteiger partial charge in [-0.2, -0.15) is 0 Å². The molecule has 5 heteroatoms. The Morgan fingerprint density at radius 3 is 2.03 bits per heavy atom. The third-order valence-electron chi connectivity index (χ3n) is 8.71. The van der Waals surface area contributed by atoms with E-state index in [1.807, 2.05) is 33.1 Å². The molecule has 1 aromatic carbocycles. The molecule has 0 heterocycles. The van der Waals surface area contributed by atoms with Crippen LogP contribution in [0.3, 0.4) is 0 Å². The molecule has 0 aliphatic heterocycles. The normalized spacial score (nSPS) is 38.8. The Morgan fingerprint density at radius 1 is 0.906 bits per heavy atom. The largest absolute Gasteiger partial charge is 0.485 e. The van der Waals surface area contributed by atoms with E-state index in [-0.39, 0.29) is 12.7 Å². The molecule has 32 heavy (non-hydrogen) atoms. The molecule has 5 aliphatic carbocycles. The minimum absolute atomic E-state index is 0.00610. The molecule has 0 amide bonds. The van der Waals surface area contributed by atoms with E-state index in [1.54, 1.807) is 0 Å². The first kappa shape index (κ1) is 22.6. The van der Waals surface area contributed by atoms with Crippen LogP contribution in [-0.2, 0) is 14.5 Å². The van der Waals surface area contributed by atoms with E-state index < -0.39 is 11.4 Å². The van der Waals surface area contributed by atoms with Crippen LogP contribution in [0.25, 0.3) is 0 Å². The van der Waals surface area contributed by atoms with Crippen molar-refractivity contribution in [1.82, 2.24) is 0 Å². The first-order valence-corrected chi connectivity index (χ1v) is 12.7. The number of aliphatic hydroxyl groups excluding tert-OH is 1. The summed E-state index contributed by atoms with van der Waals surface area (Å²) in [5, 5.41) is 9.40. The van der Waals surface area contributed by atoms with Crippen molar-refractivity contribution in [2.24, 2.45) is 23.7 Å². The molecule has 5 nitrogen and oxygen atoms in total. The van der Waals surface area contributed by atoms with E-state index >= 15 is 0 Å². The Kier molecular flexibility index (Phi) is 6.30. The molecule has 0 aromatic heterocycles. The molecule has 0 saturated heterocycles. The fourth-order valence-electron chi connectivity index (χ4n) is 7.14. The number of hydrogen-bond donors (Lipinski definition) is 1. The van der Waals surface area contributed by atoms with Gasteiger partial charge in [0.2, 0.25) is 5.79 Å². The van der Waals surface area contributed by atoms with Gasteiger partial charge in [-0.15, -0.1) is 0 Å². The van der Waals surface area contributed by atoms with Crippen LogP contribution in [0.15, 0.2) is 24.3 Å². The average Bonchev–Trinajstić information content (AvgIpc) is 2.79. The molecule has 5 fully saturated rings. The van der Waals surface area contributed by atoms with Gasteiger partial charge in [0.1, 0.15) is 11.4 Å². The maximum absolute atomic E-state index is 9.40. The summed E-state index contributed by atoms with van der Waals surface area (Å²) in [5.41, 5.74) is 0.793. The monoisotopic (exact) mass is 444 g/mol. The first-order chi connectivity index (χ1) is 15.4. The maximum Gasteiger partial charge on any atom is 0.207 e. The lowest BCUT2D eigenvalue weighted by molar-refractivity contribution is -0.485. The lowest BCUT2D eigenvalue weighted by atomic mass is 9.53. The summed E-state index contributed by atoms with van der Waals surface area (Å²) < 4.78 is 11.9. The van der Waals surface area contributed by atoms with Gasteiger partial charge in [0, 0.05) is 18.9 Å². The molecule has 5 aliphatic rings. The molecule has 5 saturated carbocycles. The van der Waals surface area contributed by atoms with Gasteiger partial charge < -0.3 is 14.6 Å². The van der Waals surface area contributed by atoms with Crippen molar-refractivity contribution in [2.75, 3.05) is 13.7 Å². The van der Waals surface area contributed by atoms with Crippen LogP contribution in [-0.4, -0.2) is 36.3 Å². The van der Waals surface area contributed by atoms with Crippen molar-refractivity contribution in [2.45, 2.75) is 95.0 Å². The van der Waals surface area contributed by atoms with Gasteiger partial charge in [0.25, 0.3) is 0 Å². The van der Waals surface area contributed by atoms with E-state index in [0.717, 1.165) is 43.3 Å². The predicted octanol–water partition coefficient (Wildman–Crippen LogP) is 5.61. The summed E-state index contributed by atoms with van der Waals surface area (Å²) in [7, 11) is 1.82. The second kappa shape index (κ2) is 8.90. The van der Waals surface area contributed by atoms with E-state index in [2.05, 4.69) is 12.1 Å². The lowest BCUT2D eigenvalue weighted by Gasteiger charge is -2.58. The zero-order valence-corrected chi connectivity index (χ0v) is 19.9. The number of rotatable bonds is 8. The van der Waals surface area contributed by atoms with Crippen molar-refractivity contribution < 1.29 is 24.4 Å². The van der Waals surface area contributed by atoms with Gasteiger partial charge in [-0.05, 0) is 107 Å². The van der Waals surface area contributed by atoms with Crippen LogP contribution in [0.5, 0.6) is 5.75 Å². The summed E-state index contributed by atoms with van der Waals surface area (Å²) in [6, 6.07) is 8.37. The highest BCUT2D eigenvalue weighted by atomic mass is 17.2. The number of ether oxygens (including phenoxy) is 2. The first-order valence-electron chi connectivity index (χ1n) is 12.7. The van der Waals surface area contributed by atoms with E-state index in [1.165, 1.54) is 37.7 Å². The Balaban J connectivity index is 1.13. The summed E-state index contributed by atoms with van der Waals surface area (Å²) >= 11 is 0. The molecule has 0 radical (unpaired) electrons. The minimum Gasteiger partial charge on any atom is -0.485 e. The van der Waals surface area contributed by atoms with E-state index in [0.29, 0.717) is 17.8 Å². The predicted molar refractivity (Wildman–Crippen MR) is 122 cm³/mol. The van der Waals surface area contributed by atoms with Crippen LogP contribution >= 0.6 is 0 Å². The van der Waals surface area contributed by atoms with Crippen LogP contribution in [0.1, 0.15) is 83.1 Å². The van der Waals surface area contributed by atoms with Crippen molar-refractivity contribution in [3.05, 3.63) is 29.8 Å². The molecule has 0 atom stereocenters. The molecule has 1 aromatic rings. The summed E-state index contributed by atoms with van der Waals surface area (Å²) in [6.45, 7) is 3.77. The van der Waals surface area contributed by atoms with Crippen molar-refractivity contribution >= 4 is 0 Å². The van der Waals surface area contributed by atoms with Crippen LogP contribution < -0.4 is 4.74 Å². The summed E-state index contributed by atoms with van der Waals surface area (Å²) in [6.07, 6.45) is 10.8. The Bertz CT molecular complexity index is 737.